The number of esters is 1. The number of carbonyl (C=O) groups excluding carboxylic acids is 2. The third-order valence-corrected chi connectivity index (χ3v) is 13.0. The minimum absolute atomic E-state index is 0.0462. The maximum absolute atomic E-state index is 13.5. The molecule has 0 aromatic rings. The molecule has 75 heavy (non-hydrogen) atoms. The van der Waals surface area contributed by atoms with E-state index in [2.05, 4.69) is 148 Å². The fourth-order valence-corrected chi connectivity index (χ4v) is 8.30. The minimum Gasteiger partial charge on any atom is -0.756 e. The van der Waals surface area contributed by atoms with E-state index in [1.54, 1.807) is 6.08 Å². The first kappa shape index (κ1) is 71.2. The summed E-state index contributed by atoms with van der Waals surface area (Å²) in [6.45, 7) is 6.52. The van der Waals surface area contributed by atoms with Crippen molar-refractivity contribution in [2.45, 2.75) is 226 Å². The summed E-state index contributed by atoms with van der Waals surface area (Å²) in [5.41, 5.74) is 0. The Bertz CT molecular complexity index is 1740. The summed E-state index contributed by atoms with van der Waals surface area (Å²) in [6, 6.07) is -0.941. The van der Waals surface area contributed by atoms with Gasteiger partial charge in [0, 0.05) is 12.8 Å². The van der Waals surface area contributed by atoms with E-state index in [1.165, 1.54) is 57.8 Å². The highest BCUT2D eigenvalue weighted by Crippen LogP contribution is 2.38. The van der Waals surface area contributed by atoms with Crippen molar-refractivity contribution in [3.63, 3.8) is 0 Å². The van der Waals surface area contributed by atoms with Crippen LogP contribution in [0.5, 0.6) is 0 Å². The number of ether oxygens (including phenoxy) is 1. The number of quaternary nitrogens is 1. The van der Waals surface area contributed by atoms with Gasteiger partial charge in [0.25, 0.3) is 7.82 Å². The van der Waals surface area contributed by atoms with Gasteiger partial charge in [0.1, 0.15) is 19.3 Å². The Balaban J connectivity index is 5.51. The number of phosphoric acid groups is 1. The van der Waals surface area contributed by atoms with Gasteiger partial charge in [-0.2, -0.15) is 0 Å². The van der Waals surface area contributed by atoms with Gasteiger partial charge in [0.05, 0.1) is 33.8 Å². The summed E-state index contributed by atoms with van der Waals surface area (Å²) < 4.78 is 30.2. The molecular weight excluding hydrogens is 952 g/mol. The van der Waals surface area contributed by atoms with Crippen LogP contribution in [0.25, 0.3) is 0 Å². The number of amides is 1. The van der Waals surface area contributed by atoms with E-state index in [0.717, 1.165) is 109 Å². The first-order chi connectivity index (χ1) is 36.4. The highest BCUT2D eigenvalue weighted by Gasteiger charge is 2.27. The van der Waals surface area contributed by atoms with E-state index in [9.17, 15) is 19.0 Å². The largest absolute Gasteiger partial charge is 0.756 e. The lowest BCUT2D eigenvalue weighted by Gasteiger charge is -2.30. The molecule has 0 aliphatic heterocycles. The molecule has 0 saturated heterocycles. The third kappa shape index (κ3) is 54.7. The molecule has 0 bridgehead atoms. The summed E-state index contributed by atoms with van der Waals surface area (Å²) in [6.07, 6.45) is 75.7. The van der Waals surface area contributed by atoms with Crippen LogP contribution in [-0.4, -0.2) is 69.4 Å². The van der Waals surface area contributed by atoms with E-state index in [0.29, 0.717) is 23.9 Å². The number of phosphoric ester groups is 1. The zero-order valence-electron chi connectivity index (χ0n) is 48.4. The van der Waals surface area contributed by atoms with Gasteiger partial charge in [-0.15, -0.1) is 0 Å². The molecule has 1 amide bonds. The van der Waals surface area contributed by atoms with Crippen molar-refractivity contribution in [3.8, 4) is 0 Å². The van der Waals surface area contributed by atoms with Gasteiger partial charge in [-0.1, -0.05) is 219 Å². The van der Waals surface area contributed by atoms with E-state index in [4.69, 9.17) is 13.8 Å². The molecule has 0 spiro atoms. The number of hydrogen-bond donors (Lipinski definition) is 1. The van der Waals surface area contributed by atoms with Crippen molar-refractivity contribution in [2.75, 3.05) is 40.9 Å². The van der Waals surface area contributed by atoms with E-state index < -0.39 is 32.5 Å². The quantitative estimate of drug-likeness (QED) is 0.0212. The fraction of sp³-hybridized carbons (Fsp3) is 0.631. The van der Waals surface area contributed by atoms with Crippen LogP contribution >= 0.6 is 7.82 Å². The summed E-state index contributed by atoms with van der Waals surface area (Å²) in [4.78, 5) is 39.9. The van der Waals surface area contributed by atoms with Crippen molar-refractivity contribution in [1.29, 1.82) is 0 Å². The standard InChI is InChI=1S/C65H109N2O7P/c1-7-10-13-16-19-22-25-28-30-32-33-35-37-40-43-46-49-52-55-58-65(69)74-63(56-53-50-47-44-41-38-27-24-21-18-15-12-9-3)62(61-73-75(70,71)72-60-59-67(4,5)6)66-64(68)57-54-51-48-45-42-39-36-34-31-29-26-23-20-17-14-11-8-2/h10-11,13-14,19-20,22-23,28-31,33,35-36,39-40,43,45,48,53,56,62-63H,7-9,12,15-18,21,24-27,32,34,37-38,41-42,44,46-47,49-52,54-55,57-61H2,1-6H3,(H-,66,68,70,71)/b13-10-,14-11-,22-19-,23-20-,30-28-,31-29-,35-33-,39-36-,43-40-,48-45-,56-53+. The Morgan fingerprint density at radius 3 is 1.31 bits per heavy atom. The van der Waals surface area contributed by atoms with Crippen molar-refractivity contribution < 1.29 is 37.3 Å². The topological polar surface area (TPSA) is 114 Å². The zero-order chi connectivity index (χ0) is 55.0. The average Bonchev–Trinajstić information content (AvgIpc) is 3.37. The Kier molecular flexibility index (Phi) is 50.8. The molecule has 0 saturated carbocycles. The Morgan fingerprint density at radius 1 is 0.480 bits per heavy atom. The summed E-state index contributed by atoms with van der Waals surface area (Å²) in [5.74, 6) is -0.658. The second-order valence-electron chi connectivity index (χ2n) is 20.4. The molecule has 0 rings (SSSR count). The van der Waals surface area contributed by atoms with E-state index in [-0.39, 0.29) is 25.4 Å². The van der Waals surface area contributed by atoms with E-state index >= 15 is 0 Å². The lowest BCUT2D eigenvalue weighted by atomic mass is 10.0. The van der Waals surface area contributed by atoms with Crippen molar-refractivity contribution >= 4 is 19.7 Å². The first-order valence-corrected chi connectivity index (χ1v) is 31.0. The minimum atomic E-state index is -4.73. The molecule has 9 nitrogen and oxygen atoms in total. The molecule has 10 heteroatoms. The van der Waals surface area contributed by atoms with Crippen molar-refractivity contribution in [2.24, 2.45) is 0 Å². The first-order valence-electron chi connectivity index (χ1n) is 29.5. The average molecular weight is 1060 g/mol. The Labute approximate surface area is 460 Å². The Hall–Kier alpha value is -3.85. The van der Waals surface area contributed by atoms with Gasteiger partial charge < -0.3 is 28.5 Å². The van der Waals surface area contributed by atoms with Crippen molar-refractivity contribution in [3.05, 3.63) is 134 Å². The van der Waals surface area contributed by atoms with Gasteiger partial charge in [0.15, 0.2) is 0 Å². The molecule has 0 heterocycles. The van der Waals surface area contributed by atoms with E-state index in [1.807, 2.05) is 27.2 Å². The molecule has 0 aromatic heterocycles. The van der Waals surface area contributed by atoms with Gasteiger partial charge in [-0.25, -0.2) is 0 Å². The normalized spacial score (nSPS) is 14.7. The number of allylic oxidation sites excluding steroid dienone is 21. The van der Waals surface area contributed by atoms with Gasteiger partial charge in [-0.3, -0.25) is 14.2 Å². The highest BCUT2D eigenvalue weighted by atomic mass is 31.2. The fourth-order valence-electron chi connectivity index (χ4n) is 7.58. The van der Waals surface area contributed by atoms with Crippen LogP contribution in [-0.2, 0) is 27.9 Å². The molecule has 0 aromatic carbocycles. The van der Waals surface area contributed by atoms with Crippen LogP contribution < -0.4 is 10.2 Å². The molecule has 1 N–H and O–H groups in total. The zero-order valence-corrected chi connectivity index (χ0v) is 49.3. The smallest absolute Gasteiger partial charge is 0.306 e. The molecular formula is C65H109N2O7P. The van der Waals surface area contributed by atoms with Crippen LogP contribution in [0.4, 0.5) is 0 Å². The monoisotopic (exact) mass is 1060 g/mol. The number of unbranched alkanes of at least 4 members (excludes halogenated alkanes) is 15. The summed E-state index contributed by atoms with van der Waals surface area (Å²) in [7, 11) is 1.11. The molecule has 0 aliphatic rings. The van der Waals surface area contributed by atoms with Gasteiger partial charge in [0.2, 0.25) is 5.91 Å². The molecule has 0 fully saturated rings. The van der Waals surface area contributed by atoms with Crippen LogP contribution in [0, 0.1) is 0 Å². The van der Waals surface area contributed by atoms with Gasteiger partial charge >= 0.3 is 5.97 Å². The maximum Gasteiger partial charge on any atom is 0.306 e. The molecule has 3 unspecified atom stereocenters. The molecule has 3 atom stereocenters. The number of rotatable bonds is 51. The maximum atomic E-state index is 13.5. The lowest BCUT2D eigenvalue weighted by molar-refractivity contribution is -0.870. The number of nitrogens with zero attached hydrogens (tertiary/aromatic N) is 1. The number of hydrogen-bond acceptors (Lipinski definition) is 7. The van der Waals surface area contributed by atoms with Crippen LogP contribution in [0.1, 0.15) is 213 Å². The highest BCUT2D eigenvalue weighted by molar-refractivity contribution is 7.45. The summed E-state index contributed by atoms with van der Waals surface area (Å²) >= 11 is 0. The number of nitrogens with one attached hydrogen (secondary N) is 1. The lowest BCUT2D eigenvalue weighted by Crippen LogP contribution is -2.47. The molecule has 0 aliphatic carbocycles. The van der Waals surface area contributed by atoms with Crippen LogP contribution in [0.3, 0.4) is 0 Å². The number of carbonyl (C=O) groups is 2. The number of likely N-dealkylation sites (N-methyl/N-ethyl adjacent to an activating group) is 1. The van der Waals surface area contributed by atoms with Crippen molar-refractivity contribution in [1.82, 2.24) is 5.32 Å². The predicted molar refractivity (Wildman–Crippen MR) is 320 cm³/mol. The molecule has 426 valence electrons. The second-order valence-corrected chi connectivity index (χ2v) is 21.8. The molecule has 0 radical (unpaired) electrons. The second kappa shape index (κ2) is 53.5. The SMILES string of the molecule is CC/C=C\C/C=C\C/C=C\C/C=C\C/C=C\CCCCCC(=O)OC(/C=C/CCCCCCCCCCCCC)C(COP(=O)([O-])OCC[N+](C)(C)C)NC(=O)CCC/C=C\C/C=C\C/C=C\C/C=C\C/C=C\CC. The Morgan fingerprint density at radius 2 is 0.867 bits per heavy atom. The van der Waals surface area contributed by atoms with Crippen LogP contribution in [0.15, 0.2) is 134 Å². The van der Waals surface area contributed by atoms with Crippen LogP contribution in [0.2, 0.25) is 0 Å². The van der Waals surface area contributed by atoms with Gasteiger partial charge in [-0.05, 0) is 115 Å². The summed E-state index contributed by atoms with van der Waals surface area (Å²) in [5, 5.41) is 2.98. The third-order valence-electron chi connectivity index (χ3n) is 12.1. The predicted octanol–water partition coefficient (Wildman–Crippen LogP) is 17.5.